The van der Waals surface area contributed by atoms with Gasteiger partial charge in [0.25, 0.3) is 0 Å². The van der Waals surface area contributed by atoms with Gasteiger partial charge in [-0.15, -0.1) is 0 Å². The number of benzene rings is 1. The first-order chi connectivity index (χ1) is 12.7. The van der Waals surface area contributed by atoms with Crippen LogP contribution >= 0.6 is 0 Å². The first kappa shape index (κ1) is 17.1. The second-order valence-electron chi connectivity index (χ2n) is 7.46. The Morgan fingerprint density at radius 1 is 1.19 bits per heavy atom. The summed E-state index contributed by atoms with van der Waals surface area (Å²) in [6.07, 6.45) is 7.66. The zero-order valence-corrected chi connectivity index (χ0v) is 15.5. The molecule has 0 bridgehead atoms. The van der Waals surface area contributed by atoms with Crippen LogP contribution in [0.5, 0.6) is 0 Å². The van der Waals surface area contributed by atoms with E-state index in [1.54, 1.807) is 0 Å². The predicted molar refractivity (Wildman–Crippen MR) is 99.7 cm³/mol. The highest BCUT2D eigenvalue weighted by Gasteiger charge is 2.31. The summed E-state index contributed by atoms with van der Waals surface area (Å²) in [5, 5.41) is 4.71. The summed E-state index contributed by atoms with van der Waals surface area (Å²) in [5.41, 5.74) is 4.77. The van der Waals surface area contributed by atoms with Crippen molar-refractivity contribution in [3.8, 4) is 0 Å². The van der Waals surface area contributed by atoms with Crippen LogP contribution in [-0.2, 0) is 37.8 Å². The Bertz CT molecular complexity index is 763. The van der Waals surface area contributed by atoms with Gasteiger partial charge in [0.1, 0.15) is 6.61 Å². The third-order valence-electron chi connectivity index (χ3n) is 5.72. The van der Waals surface area contributed by atoms with Crippen LogP contribution in [0.4, 0.5) is 4.79 Å². The molecule has 1 aromatic heterocycles. The van der Waals surface area contributed by atoms with Crippen LogP contribution in [0.3, 0.4) is 0 Å². The summed E-state index contributed by atoms with van der Waals surface area (Å²) >= 11 is 0. The number of ether oxygens (including phenoxy) is 1. The number of carbonyl (C=O) groups excluding carboxylic acids is 1. The SMILES string of the molecule is Cn1nc(CN(C(=O)OCc2ccccc2)C2CCCC2)c2c1CCC2. The molecule has 1 saturated carbocycles. The van der Waals surface area contributed by atoms with Gasteiger partial charge in [-0.1, -0.05) is 43.2 Å². The second-order valence-corrected chi connectivity index (χ2v) is 7.46. The van der Waals surface area contributed by atoms with E-state index in [1.807, 2.05) is 47.0 Å². The number of aryl methyl sites for hydroxylation is 1. The molecular formula is C21H27N3O2. The van der Waals surface area contributed by atoms with E-state index in [-0.39, 0.29) is 12.1 Å². The Morgan fingerprint density at radius 3 is 2.73 bits per heavy atom. The molecule has 1 fully saturated rings. The van der Waals surface area contributed by atoms with Crippen LogP contribution in [0.2, 0.25) is 0 Å². The van der Waals surface area contributed by atoms with E-state index >= 15 is 0 Å². The highest BCUT2D eigenvalue weighted by atomic mass is 16.6. The molecule has 4 rings (SSSR count). The Balaban J connectivity index is 1.49. The standard InChI is InChI=1S/C21H27N3O2/c1-23-20-13-7-12-18(20)19(22-23)14-24(17-10-5-6-11-17)21(25)26-15-16-8-3-2-4-9-16/h2-4,8-9,17H,5-7,10-15H2,1H3. The molecule has 5 nitrogen and oxygen atoms in total. The van der Waals surface area contributed by atoms with Crippen LogP contribution in [-0.4, -0.2) is 26.8 Å². The van der Waals surface area contributed by atoms with Gasteiger partial charge in [0.2, 0.25) is 0 Å². The fourth-order valence-corrected chi connectivity index (χ4v) is 4.35. The maximum Gasteiger partial charge on any atom is 0.410 e. The van der Waals surface area contributed by atoms with Gasteiger partial charge in [-0.2, -0.15) is 5.10 Å². The number of hydrogen-bond acceptors (Lipinski definition) is 3. The van der Waals surface area contributed by atoms with Crippen molar-refractivity contribution in [2.24, 2.45) is 7.05 Å². The van der Waals surface area contributed by atoms with Gasteiger partial charge in [0.05, 0.1) is 12.2 Å². The van der Waals surface area contributed by atoms with Crippen LogP contribution in [0.25, 0.3) is 0 Å². The molecule has 2 aliphatic rings. The van der Waals surface area contributed by atoms with Gasteiger partial charge in [0.15, 0.2) is 0 Å². The number of carbonyl (C=O) groups is 1. The Kier molecular flexibility index (Phi) is 4.96. The lowest BCUT2D eigenvalue weighted by Gasteiger charge is -2.28. The summed E-state index contributed by atoms with van der Waals surface area (Å²) in [6, 6.07) is 10.1. The van der Waals surface area contributed by atoms with Gasteiger partial charge < -0.3 is 4.74 Å². The molecule has 0 saturated heterocycles. The van der Waals surface area contributed by atoms with Crippen molar-refractivity contribution in [1.82, 2.24) is 14.7 Å². The van der Waals surface area contributed by atoms with E-state index in [2.05, 4.69) is 0 Å². The molecule has 0 radical (unpaired) electrons. The molecule has 138 valence electrons. The maximum atomic E-state index is 12.9. The quantitative estimate of drug-likeness (QED) is 0.816. The minimum Gasteiger partial charge on any atom is -0.445 e. The predicted octanol–water partition coefficient (Wildman–Crippen LogP) is 3.99. The number of fused-ring (bicyclic) bond motifs is 1. The maximum absolute atomic E-state index is 12.9. The third kappa shape index (κ3) is 3.48. The first-order valence-corrected chi connectivity index (χ1v) is 9.73. The van der Waals surface area contributed by atoms with Gasteiger partial charge >= 0.3 is 6.09 Å². The number of rotatable bonds is 5. The zero-order valence-electron chi connectivity index (χ0n) is 15.5. The van der Waals surface area contributed by atoms with Crippen LogP contribution in [0.15, 0.2) is 30.3 Å². The summed E-state index contributed by atoms with van der Waals surface area (Å²) in [5.74, 6) is 0. The highest BCUT2D eigenvalue weighted by molar-refractivity contribution is 5.68. The van der Waals surface area contributed by atoms with E-state index < -0.39 is 0 Å². The zero-order chi connectivity index (χ0) is 17.9. The van der Waals surface area contributed by atoms with Crippen LogP contribution in [0, 0.1) is 0 Å². The molecule has 0 aliphatic heterocycles. The summed E-state index contributed by atoms with van der Waals surface area (Å²) in [4.78, 5) is 14.8. The molecule has 5 heteroatoms. The molecule has 0 unspecified atom stereocenters. The number of hydrogen-bond donors (Lipinski definition) is 0. The second kappa shape index (κ2) is 7.52. The van der Waals surface area contributed by atoms with Crippen LogP contribution < -0.4 is 0 Å². The van der Waals surface area contributed by atoms with Crippen molar-refractivity contribution in [3.05, 3.63) is 52.8 Å². The summed E-state index contributed by atoms with van der Waals surface area (Å²) < 4.78 is 7.65. The molecule has 1 amide bonds. The minimum absolute atomic E-state index is 0.210. The topological polar surface area (TPSA) is 47.4 Å². The molecule has 2 aromatic rings. The monoisotopic (exact) mass is 353 g/mol. The lowest BCUT2D eigenvalue weighted by Crippen LogP contribution is -2.39. The first-order valence-electron chi connectivity index (χ1n) is 9.73. The highest BCUT2D eigenvalue weighted by Crippen LogP contribution is 2.29. The fraction of sp³-hybridized carbons (Fsp3) is 0.524. The average Bonchev–Trinajstić information content (AvgIpc) is 3.39. The lowest BCUT2D eigenvalue weighted by molar-refractivity contribution is 0.0771. The van der Waals surface area contributed by atoms with E-state index in [0.29, 0.717) is 13.2 Å². The molecular weight excluding hydrogens is 326 g/mol. The van der Waals surface area contributed by atoms with E-state index in [9.17, 15) is 4.79 Å². The van der Waals surface area contributed by atoms with Crippen molar-refractivity contribution in [3.63, 3.8) is 0 Å². The van der Waals surface area contributed by atoms with Crippen molar-refractivity contribution in [2.45, 2.75) is 64.1 Å². The summed E-state index contributed by atoms with van der Waals surface area (Å²) in [7, 11) is 2.02. The molecule has 1 heterocycles. The summed E-state index contributed by atoms with van der Waals surface area (Å²) in [6.45, 7) is 0.894. The Hall–Kier alpha value is -2.30. The van der Waals surface area contributed by atoms with Gasteiger partial charge in [-0.3, -0.25) is 9.58 Å². The third-order valence-corrected chi connectivity index (χ3v) is 5.72. The smallest absolute Gasteiger partial charge is 0.410 e. The van der Waals surface area contributed by atoms with E-state index in [1.165, 1.54) is 30.5 Å². The molecule has 0 spiro atoms. The molecule has 2 aliphatic carbocycles. The van der Waals surface area contributed by atoms with Crippen molar-refractivity contribution in [1.29, 1.82) is 0 Å². The number of amides is 1. The van der Waals surface area contributed by atoms with Crippen molar-refractivity contribution in [2.75, 3.05) is 0 Å². The Morgan fingerprint density at radius 2 is 1.96 bits per heavy atom. The minimum atomic E-state index is -0.210. The number of nitrogens with zero attached hydrogens (tertiary/aromatic N) is 3. The Labute approximate surface area is 154 Å². The molecule has 0 N–H and O–H groups in total. The molecule has 1 aromatic carbocycles. The van der Waals surface area contributed by atoms with Gasteiger partial charge in [-0.25, -0.2) is 4.79 Å². The van der Waals surface area contributed by atoms with Crippen molar-refractivity contribution >= 4 is 6.09 Å². The fourth-order valence-electron chi connectivity index (χ4n) is 4.35. The lowest BCUT2D eigenvalue weighted by atomic mass is 10.1. The van der Waals surface area contributed by atoms with Gasteiger partial charge in [-0.05, 0) is 43.2 Å². The number of aromatic nitrogens is 2. The van der Waals surface area contributed by atoms with E-state index in [0.717, 1.165) is 36.9 Å². The average molecular weight is 353 g/mol. The molecule has 26 heavy (non-hydrogen) atoms. The molecule has 0 atom stereocenters. The van der Waals surface area contributed by atoms with Crippen molar-refractivity contribution < 1.29 is 9.53 Å². The largest absolute Gasteiger partial charge is 0.445 e. The van der Waals surface area contributed by atoms with Gasteiger partial charge in [0, 0.05) is 18.8 Å². The van der Waals surface area contributed by atoms with E-state index in [4.69, 9.17) is 9.84 Å². The normalized spacial score (nSPS) is 16.7. The van der Waals surface area contributed by atoms with Crippen LogP contribution in [0.1, 0.15) is 54.6 Å².